The standard InChI is InChI=1S/C11H15N3O2/c12-8-11-10(2-1-3-14-11)9-13-4-6-16-7-5-15/h1-3,13,15H,4-7,9H2. The lowest BCUT2D eigenvalue weighted by Crippen LogP contribution is -2.20. The third kappa shape index (κ3) is 4.36. The molecule has 0 amide bonds. The van der Waals surface area contributed by atoms with E-state index < -0.39 is 0 Å². The highest BCUT2D eigenvalue weighted by Gasteiger charge is 2.00. The van der Waals surface area contributed by atoms with Crippen molar-refractivity contribution in [1.29, 1.82) is 5.26 Å². The second-order valence-electron chi connectivity index (χ2n) is 3.14. The van der Waals surface area contributed by atoms with Gasteiger partial charge in [0.2, 0.25) is 0 Å². The number of nitriles is 1. The number of hydrogen-bond donors (Lipinski definition) is 2. The molecule has 1 aromatic rings. The molecule has 1 heterocycles. The average Bonchev–Trinajstić information content (AvgIpc) is 2.34. The van der Waals surface area contributed by atoms with E-state index in [1.165, 1.54) is 0 Å². The lowest BCUT2D eigenvalue weighted by molar-refractivity contribution is 0.0938. The van der Waals surface area contributed by atoms with Crippen LogP contribution in [-0.2, 0) is 11.3 Å². The van der Waals surface area contributed by atoms with Gasteiger partial charge in [0.1, 0.15) is 11.8 Å². The predicted octanol–water partition coefficient (Wildman–Crippen LogP) is 0.0518. The fourth-order valence-corrected chi connectivity index (χ4v) is 1.22. The number of ether oxygens (including phenoxy) is 1. The lowest BCUT2D eigenvalue weighted by Gasteiger charge is -2.06. The molecule has 5 nitrogen and oxygen atoms in total. The molecule has 0 saturated heterocycles. The van der Waals surface area contributed by atoms with Crippen molar-refractivity contribution in [3.8, 4) is 6.07 Å². The van der Waals surface area contributed by atoms with Crippen LogP contribution in [0.1, 0.15) is 11.3 Å². The summed E-state index contributed by atoms with van der Waals surface area (Å²) in [6.45, 7) is 2.22. The molecule has 1 rings (SSSR count). The fraction of sp³-hybridized carbons (Fsp3) is 0.455. The first-order valence-electron chi connectivity index (χ1n) is 5.11. The SMILES string of the molecule is N#Cc1ncccc1CNCCOCCO. The summed E-state index contributed by atoms with van der Waals surface area (Å²) in [5.74, 6) is 0. The quantitative estimate of drug-likeness (QED) is 0.636. The molecule has 1 aromatic heterocycles. The Labute approximate surface area is 94.7 Å². The number of hydrogen-bond acceptors (Lipinski definition) is 5. The molecule has 2 N–H and O–H groups in total. The molecule has 0 atom stereocenters. The molecule has 86 valence electrons. The molecule has 0 fully saturated rings. The van der Waals surface area contributed by atoms with E-state index in [1.54, 1.807) is 12.3 Å². The smallest absolute Gasteiger partial charge is 0.144 e. The van der Waals surface area contributed by atoms with Crippen molar-refractivity contribution in [1.82, 2.24) is 10.3 Å². The minimum Gasteiger partial charge on any atom is -0.394 e. The summed E-state index contributed by atoms with van der Waals surface area (Å²) in [5.41, 5.74) is 1.33. The normalized spacial score (nSPS) is 10.0. The number of pyridine rings is 1. The van der Waals surface area contributed by atoms with E-state index in [9.17, 15) is 0 Å². The zero-order chi connectivity index (χ0) is 11.6. The Balaban J connectivity index is 2.24. The van der Waals surface area contributed by atoms with Crippen molar-refractivity contribution in [3.05, 3.63) is 29.6 Å². The summed E-state index contributed by atoms with van der Waals surface area (Å²) in [6.07, 6.45) is 1.60. The Hall–Kier alpha value is -1.48. The van der Waals surface area contributed by atoms with Crippen molar-refractivity contribution in [2.45, 2.75) is 6.54 Å². The maximum atomic E-state index is 8.80. The Morgan fingerprint density at radius 3 is 3.12 bits per heavy atom. The van der Waals surface area contributed by atoms with Gasteiger partial charge in [0, 0.05) is 24.8 Å². The van der Waals surface area contributed by atoms with Crippen molar-refractivity contribution in [3.63, 3.8) is 0 Å². The van der Waals surface area contributed by atoms with E-state index >= 15 is 0 Å². The molecule has 0 aliphatic carbocycles. The van der Waals surface area contributed by atoms with E-state index in [1.807, 2.05) is 12.1 Å². The highest BCUT2D eigenvalue weighted by atomic mass is 16.5. The van der Waals surface area contributed by atoms with Gasteiger partial charge in [-0.25, -0.2) is 4.98 Å². The van der Waals surface area contributed by atoms with E-state index in [0.29, 0.717) is 32.0 Å². The van der Waals surface area contributed by atoms with E-state index in [4.69, 9.17) is 15.1 Å². The summed E-state index contributed by atoms with van der Waals surface area (Å²) in [4.78, 5) is 3.96. The highest BCUT2D eigenvalue weighted by molar-refractivity contribution is 5.30. The van der Waals surface area contributed by atoms with E-state index in [2.05, 4.69) is 10.3 Å². The molecule has 0 unspecified atom stereocenters. The number of aliphatic hydroxyl groups is 1. The zero-order valence-electron chi connectivity index (χ0n) is 9.02. The molecule has 0 aliphatic heterocycles. The van der Waals surface area contributed by atoms with Gasteiger partial charge < -0.3 is 15.2 Å². The van der Waals surface area contributed by atoms with Gasteiger partial charge in [0.25, 0.3) is 0 Å². The summed E-state index contributed by atoms with van der Waals surface area (Å²) in [7, 11) is 0. The van der Waals surface area contributed by atoms with Crippen LogP contribution < -0.4 is 5.32 Å². The average molecular weight is 221 g/mol. The highest BCUT2D eigenvalue weighted by Crippen LogP contribution is 2.02. The van der Waals surface area contributed by atoms with Gasteiger partial charge in [-0.05, 0) is 6.07 Å². The van der Waals surface area contributed by atoms with Gasteiger partial charge in [-0.2, -0.15) is 5.26 Å². The zero-order valence-corrected chi connectivity index (χ0v) is 9.02. The molecule has 16 heavy (non-hydrogen) atoms. The van der Waals surface area contributed by atoms with Crippen molar-refractivity contribution in [2.24, 2.45) is 0 Å². The summed E-state index contributed by atoms with van der Waals surface area (Å²) >= 11 is 0. The maximum absolute atomic E-state index is 8.80. The first-order chi connectivity index (χ1) is 7.88. The van der Waals surface area contributed by atoms with E-state index in [-0.39, 0.29) is 6.61 Å². The molecule has 0 aromatic carbocycles. The Morgan fingerprint density at radius 1 is 1.50 bits per heavy atom. The maximum Gasteiger partial charge on any atom is 0.144 e. The summed E-state index contributed by atoms with van der Waals surface area (Å²) in [6, 6.07) is 5.72. The largest absolute Gasteiger partial charge is 0.394 e. The predicted molar refractivity (Wildman–Crippen MR) is 58.6 cm³/mol. The second kappa shape index (κ2) is 7.77. The van der Waals surface area contributed by atoms with Crippen LogP contribution in [0.5, 0.6) is 0 Å². The third-order valence-corrected chi connectivity index (χ3v) is 1.97. The molecule has 0 spiro atoms. The van der Waals surface area contributed by atoms with Crippen LogP contribution in [0.3, 0.4) is 0 Å². The molecule has 0 saturated carbocycles. The van der Waals surface area contributed by atoms with Gasteiger partial charge >= 0.3 is 0 Å². The first-order valence-corrected chi connectivity index (χ1v) is 5.11. The van der Waals surface area contributed by atoms with Crippen molar-refractivity contribution >= 4 is 0 Å². The Morgan fingerprint density at radius 2 is 2.38 bits per heavy atom. The number of rotatable bonds is 7. The summed E-state index contributed by atoms with van der Waals surface area (Å²) in [5, 5.41) is 20.4. The minimum atomic E-state index is 0.0428. The van der Waals surface area contributed by atoms with Crippen LogP contribution in [0, 0.1) is 11.3 Å². The van der Waals surface area contributed by atoms with E-state index in [0.717, 1.165) is 5.56 Å². The topological polar surface area (TPSA) is 78.2 Å². The Bertz CT molecular complexity index is 349. The van der Waals surface area contributed by atoms with Gasteiger partial charge in [-0.15, -0.1) is 0 Å². The van der Waals surface area contributed by atoms with Crippen LogP contribution in [-0.4, -0.2) is 36.5 Å². The van der Waals surface area contributed by atoms with Crippen molar-refractivity contribution in [2.75, 3.05) is 26.4 Å². The Kier molecular flexibility index (Phi) is 6.11. The van der Waals surface area contributed by atoms with Crippen molar-refractivity contribution < 1.29 is 9.84 Å². The van der Waals surface area contributed by atoms with Gasteiger partial charge in [0.05, 0.1) is 19.8 Å². The van der Waals surface area contributed by atoms with Gasteiger partial charge in [0.15, 0.2) is 0 Å². The molecule has 0 aliphatic rings. The first kappa shape index (κ1) is 12.6. The second-order valence-corrected chi connectivity index (χ2v) is 3.14. The molecule has 0 radical (unpaired) electrons. The monoisotopic (exact) mass is 221 g/mol. The fourth-order valence-electron chi connectivity index (χ4n) is 1.22. The number of aliphatic hydroxyl groups excluding tert-OH is 1. The van der Waals surface area contributed by atoms with Crippen LogP contribution in [0.4, 0.5) is 0 Å². The third-order valence-electron chi connectivity index (χ3n) is 1.97. The van der Waals surface area contributed by atoms with Crippen LogP contribution in [0.2, 0.25) is 0 Å². The summed E-state index contributed by atoms with van der Waals surface area (Å²) < 4.78 is 5.08. The molecular formula is C11H15N3O2. The van der Waals surface area contributed by atoms with Crippen LogP contribution in [0.15, 0.2) is 18.3 Å². The number of aromatic nitrogens is 1. The van der Waals surface area contributed by atoms with Crippen LogP contribution >= 0.6 is 0 Å². The molecular weight excluding hydrogens is 206 g/mol. The number of nitrogens with one attached hydrogen (secondary N) is 1. The molecule has 0 bridgehead atoms. The van der Waals surface area contributed by atoms with Gasteiger partial charge in [-0.3, -0.25) is 0 Å². The van der Waals surface area contributed by atoms with Crippen LogP contribution in [0.25, 0.3) is 0 Å². The minimum absolute atomic E-state index is 0.0428. The molecule has 5 heteroatoms. The number of nitrogens with zero attached hydrogens (tertiary/aromatic N) is 2. The van der Waals surface area contributed by atoms with Gasteiger partial charge in [-0.1, -0.05) is 6.07 Å². The lowest BCUT2D eigenvalue weighted by atomic mass is 10.2.